The molecule has 0 aliphatic heterocycles. The van der Waals surface area contributed by atoms with E-state index in [0.29, 0.717) is 16.6 Å². The zero-order valence-electron chi connectivity index (χ0n) is 17.7. The standard InChI is InChI=1S/C21H28N4O4S/c1-5-13(3)30-21-22-18-17(19(27)23-20(28)24(18)4)25(21)11-15(26)12-29-16-9-7-14(6-2)8-10-16/h7-10,13,15,26H,5-6,11-12H2,1-4H3,(H,23,27,28)/t13-,15-/m1/s1. The average Bonchev–Trinajstić information content (AvgIpc) is 3.09. The highest BCUT2D eigenvalue weighted by Gasteiger charge is 2.21. The molecule has 3 rings (SSSR count). The van der Waals surface area contributed by atoms with Crippen LogP contribution >= 0.6 is 11.8 Å². The van der Waals surface area contributed by atoms with Gasteiger partial charge in [0.1, 0.15) is 18.5 Å². The summed E-state index contributed by atoms with van der Waals surface area (Å²) in [5, 5.41) is 11.5. The van der Waals surface area contributed by atoms with Crippen LogP contribution in [-0.4, -0.2) is 42.2 Å². The number of rotatable bonds is 9. The van der Waals surface area contributed by atoms with E-state index in [9.17, 15) is 14.7 Å². The highest BCUT2D eigenvalue weighted by atomic mass is 32.2. The Morgan fingerprint density at radius 3 is 2.57 bits per heavy atom. The van der Waals surface area contributed by atoms with E-state index in [-0.39, 0.29) is 23.9 Å². The molecule has 2 N–H and O–H groups in total. The van der Waals surface area contributed by atoms with E-state index in [1.807, 2.05) is 24.3 Å². The third-order valence-corrected chi connectivity index (χ3v) is 6.28. The average molecular weight is 433 g/mol. The molecule has 1 aromatic carbocycles. The van der Waals surface area contributed by atoms with E-state index in [0.717, 1.165) is 12.8 Å². The van der Waals surface area contributed by atoms with Crippen LogP contribution in [0.4, 0.5) is 0 Å². The van der Waals surface area contributed by atoms with E-state index in [1.54, 1.807) is 11.6 Å². The lowest BCUT2D eigenvalue weighted by Crippen LogP contribution is -2.30. The molecule has 30 heavy (non-hydrogen) atoms. The summed E-state index contributed by atoms with van der Waals surface area (Å²) in [5.74, 6) is 0.677. The summed E-state index contributed by atoms with van der Waals surface area (Å²) in [5.41, 5.74) is 0.757. The number of hydrogen-bond donors (Lipinski definition) is 2. The molecule has 0 spiro atoms. The normalized spacial score (nSPS) is 13.5. The summed E-state index contributed by atoms with van der Waals surface area (Å²) in [6.45, 7) is 6.42. The minimum atomic E-state index is -0.860. The molecule has 0 aliphatic carbocycles. The number of aryl methyl sites for hydroxylation is 2. The molecule has 162 valence electrons. The Kier molecular flexibility index (Phi) is 7.04. The van der Waals surface area contributed by atoms with Crippen molar-refractivity contribution in [2.75, 3.05) is 6.61 Å². The molecule has 9 heteroatoms. The van der Waals surface area contributed by atoms with Gasteiger partial charge >= 0.3 is 5.69 Å². The molecule has 0 unspecified atom stereocenters. The Balaban J connectivity index is 1.86. The van der Waals surface area contributed by atoms with Crippen molar-refractivity contribution in [2.45, 2.75) is 56.7 Å². The second-order valence-corrected chi connectivity index (χ2v) is 8.70. The molecule has 0 saturated carbocycles. The van der Waals surface area contributed by atoms with Crippen molar-refractivity contribution in [3.63, 3.8) is 0 Å². The fourth-order valence-corrected chi connectivity index (χ4v) is 3.97. The molecule has 2 heterocycles. The number of aliphatic hydroxyl groups excluding tert-OH is 1. The summed E-state index contributed by atoms with van der Waals surface area (Å²) in [7, 11) is 1.56. The Morgan fingerprint density at radius 1 is 1.23 bits per heavy atom. The van der Waals surface area contributed by atoms with Crippen LogP contribution in [0.2, 0.25) is 0 Å². The van der Waals surface area contributed by atoms with Crippen molar-refractivity contribution < 1.29 is 9.84 Å². The van der Waals surface area contributed by atoms with Gasteiger partial charge in [-0.25, -0.2) is 9.78 Å². The van der Waals surface area contributed by atoms with Gasteiger partial charge in [-0.1, -0.05) is 44.7 Å². The number of hydrogen-bond acceptors (Lipinski definition) is 6. The fraction of sp³-hybridized carbons (Fsp3) is 0.476. The van der Waals surface area contributed by atoms with Crippen LogP contribution in [0.1, 0.15) is 32.8 Å². The van der Waals surface area contributed by atoms with Crippen molar-refractivity contribution in [1.29, 1.82) is 0 Å². The van der Waals surface area contributed by atoms with Crippen molar-refractivity contribution in [3.8, 4) is 5.75 Å². The van der Waals surface area contributed by atoms with Crippen LogP contribution in [0.15, 0.2) is 39.0 Å². The predicted molar refractivity (Wildman–Crippen MR) is 119 cm³/mol. The first-order valence-electron chi connectivity index (χ1n) is 10.1. The van der Waals surface area contributed by atoms with Crippen molar-refractivity contribution >= 4 is 22.9 Å². The van der Waals surface area contributed by atoms with E-state index >= 15 is 0 Å². The van der Waals surface area contributed by atoms with E-state index < -0.39 is 17.4 Å². The summed E-state index contributed by atoms with van der Waals surface area (Å²) in [6, 6.07) is 7.74. The Labute approximate surface area is 178 Å². The maximum Gasteiger partial charge on any atom is 0.329 e. The lowest BCUT2D eigenvalue weighted by Gasteiger charge is -2.16. The van der Waals surface area contributed by atoms with Gasteiger partial charge in [-0.05, 0) is 30.5 Å². The second kappa shape index (κ2) is 9.53. The second-order valence-electron chi connectivity index (χ2n) is 7.29. The number of nitrogens with one attached hydrogen (secondary N) is 1. The highest BCUT2D eigenvalue weighted by Crippen LogP contribution is 2.27. The van der Waals surface area contributed by atoms with Gasteiger partial charge in [0.05, 0.1) is 6.54 Å². The molecule has 2 atom stereocenters. The zero-order valence-corrected chi connectivity index (χ0v) is 18.5. The largest absolute Gasteiger partial charge is 0.491 e. The van der Waals surface area contributed by atoms with Crippen LogP contribution in [0.5, 0.6) is 5.75 Å². The molecule has 3 aromatic rings. The molecule has 0 aliphatic rings. The maximum atomic E-state index is 12.5. The molecule has 0 bridgehead atoms. The molecule has 0 amide bonds. The summed E-state index contributed by atoms with van der Waals surface area (Å²) >= 11 is 1.51. The van der Waals surface area contributed by atoms with Gasteiger partial charge in [0.15, 0.2) is 16.3 Å². The van der Waals surface area contributed by atoms with Gasteiger partial charge < -0.3 is 14.4 Å². The van der Waals surface area contributed by atoms with Crippen LogP contribution in [-0.2, 0) is 20.0 Å². The van der Waals surface area contributed by atoms with E-state index in [1.165, 1.54) is 21.9 Å². The lowest BCUT2D eigenvalue weighted by molar-refractivity contribution is 0.0913. The number of imidazole rings is 1. The molecule has 8 nitrogen and oxygen atoms in total. The molecular formula is C21H28N4O4S. The molecule has 0 saturated heterocycles. The number of nitrogens with zero attached hydrogens (tertiary/aromatic N) is 3. The van der Waals surface area contributed by atoms with Crippen LogP contribution in [0.25, 0.3) is 11.2 Å². The van der Waals surface area contributed by atoms with E-state index in [2.05, 4.69) is 30.7 Å². The van der Waals surface area contributed by atoms with Crippen molar-refractivity contribution in [2.24, 2.45) is 7.05 Å². The number of aromatic amines is 1. The van der Waals surface area contributed by atoms with Crippen molar-refractivity contribution in [1.82, 2.24) is 19.1 Å². The number of fused-ring (bicyclic) bond motifs is 1. The van der Waals surface area contributed by atoms with Crippen molar-refractivity contribution in [3.05, 3.63) is 50.7 Å². The minimum absolute atomic E-state index is 0.0717. The summed E-state index contributed by atoms with van der Waals surface area (Å²) < 4.78 is 8.70. The van der Waals surface area contributed by atoms with Crippen LogP contribution in [0.3, 0.4) is 0 Å². The number of thioether (sulfide) groups is 1. The third-order valence-electron chi connectivity index (χ3n) is 5.02. The van der Waals surface area contributed by atoms with E-state index in [4.69, 9.17) is 4.74 Å². The highest BCUT2D eigenvalue weighted by molar-refractivity contribution is 7.99. The zero-order chi connectivity index (χ0) is 21.8. The Hall–Kier alpha value is -2.52. The Morgan fingerprint density at radius 2 is 1.93 bits per heavy atom. The maximum absolute atomic E-state index is 12.5. The quantitative estimate of drug-likeness (QED) is 0.503. The number of aliphatic hydroxyl groups is 1. The molecular weight excluding hydrogens is 404 g/mol. The SMILES string of the molecule is CCc1ccc(OC[C@H](O)Cn2c(S[C@H](C)CC)nc3c2c(=O)[nH]c(=O)n3C)cc1. The predicted octanol–water partition coefficient (Wildman–Crippen LogP) is 2.32. The summed E-state index contributed by atoms with van der Waals surface area (Å²) in [4.78, 5) is 31.3. The van der Waals surface area contributed by atoms with Crippen LogP contribution < -0.4 is 16.0 Å². The minimum Gasteiger partial charge on any atom is -0.491 e. The number of ether oxygens (including phenoxy) is 1. The molecule has 0 fully saturated rings. The van der Waals surface area contributed by atoms with Crippen LogP contribution in [0, 0.1) is 0 Å². The fourth-order valence-electron chi connectivity index (χ4n) is 3.01. The monoisotopic (exact) mass is 432 g/mol. The van der Waals surface area contributed by atoms with Gasteiger partial charge in [-0.15, -0.1) is 0 Å². The number of aromatic nitrogens is 4. The molecule has 0 radical (unpaired) electrons. The first-order valence-corrected chi connectivity index (χ1v) is 11.0. The molecule has 2 aromatic heterocycles. The first kappa shape index (κ1) is 22.2. The third kappa shape index (κ3) is 4.79. The first-order chi connectivity index (χ1) is 14.3. The van der Waals surface area contributed by atoms with Gasteiger partial charge in [0, 0.05) is 12.3 Å². The lowest BCUT2D eigenvalue weighted by atomic mass is 10.2. The smallest absolute Gasteiger partial charge is 0.329 e. The Bertz CT molecular complexity index is 1120. The number of H-pyrrole nitrogens is 1. The topological polar surface area (TPSA) is 102 Å². The van der Waals surface area contributed by atoms with Gasteiger partial charge in [-0.2, -0.15) is 0 Å². The number of benzene rings is 1. The van der Waals surface area contributed by atoms with Gasteiger partial charge in [0.2, 0.25) is 0 Å². The van der Waals surface area contributed by atoms with Gasteiger partial charge in [-0.3, -0.25) is 14.3 Å². The van der Waals surface area contributed by atoms with Gasteiger partial charge in [0.25, 0.3) is 5.56 Å². The summed E-state index contributed by atoms with van der Waals surface area (Å²) in [6.07, 6.45) is 1.01.